The van der Waals surface area contributed by atoms with Gasteiger partial charge in [0.2, 0.25) is 11.8 Å². The Balaban J connectivity index is 1.47. The minimum absolute atomic E-state index is 0.257. The zero-order chi connectivity index (χ0) is 19.0. The second-order valence-electron chi connectivity index (χ2n) is 6.67. The van der Waals surface area contributed by atoms with Gasteiger partial charge in [-0.05, 0) is 35.8 Å². The highest BCUT2D eigenvalue weighted by molar-refractivity contribution is 6.22. The number of benzene rings is 1. The monoisotopic (exact) mass is 365 g/mol. The number of methoxy groups -OCH3 is 1. The van der Waals surface area contributed by atoms with Crippen LogP contribution in [0.5, 0.6) is 5.75 Å². The zero-order valence-electron chi connectivity index (χ0n) is 14.9. The molecule has 1 atom stereocenters. The average Bonchev–Trinajstić information content (AvgIpc) is 2.70. The van der Waals surface area contributed by atoms with Crippen molar-refractivity contribution in [2.75, 3.05) is 20.2 Å². The van der Waals surface area contributed by atoms with Gasteiger partial charge in [0.15, 0.2) is 0 Å². The molecule has 3 aliphatic rings. The van der Waals surface area contributed by atoms with E-state index in [2.05, 4.69) is 4.99 Å². The number of hydrogen-bond donors (Lipinski definition) is 0. The normalized spacial score (nSPS) is 20.9. The fraction of sp³-hybridized carbons (Fsp3) is 0.300. The van der Waals surface area contributed by atoms with Gasteiger partial charge in [0, 0.05) is 13.1 Å². The quantitative estimate of drug-likeness (QED) is 0.817. The lowest BCUT2D eigenvalue weighted by molar-refractivity contribution is -0.139. The second-order valence-corrected chi connectivity index (χ2v) is 6.67. The molecule has 7 nitrogen and oxygen atoms in total. The van der Waals surface area contributed by atoms with Gasteiger partial charge < -0.3 is 9.64 Å². The molecule has 4 amide bonds. The Morgan fingerprint density at radius 1 is 1.26 bits per heavy atom. The maximum atomic E-state index is 12.7. The lowest BCUT2D eigenvalue weighted by Crippen LogP contribution is -2.51. The third-order valence-corrected chi connectivity index (χ3v) is 5.06. The Kier molecular flexibility index (Phi) is 4.35. The number of nitrogens with zero attached hydrogens (tertiary/aromatic N) is 3. The molecule has 4 rings (SSSR count). The summed E-state index contributed by atoms with van der Waals surface area (Å²) >= 11 is 0. The van der Waals surface area contributed by atoms with Gasteiger partial charge >= 0.3 is 6.03 Å². The van der Waals surface area contributed by atoms with Gasteiger partial charge in [-0.2, -0.15) is 4.99 Å². The minimum Gasteiger partial charge on any atom is -0.497 e. The van der Waals surface area contributed by atoms with Crippen LogP contribution in [0, 0.1) is 5.92 Å². The second kappa shape index (κ2) is 6.83. The average molecular weight is 365 g/mol. The van der Waals surface area contributed by atoms with Gasteiger partial charge in [-0.3, -0.25) is 14.5 Å². The van der Waals surface area contributed by atoms with Crippen LogP contribution >= 0.6 is 0 Å². The smallest absolute Gasteiger partial charge is 0.351 e. The van der Waals surface area contributed by atoms with Crippen LogP contribution in [0.1, 0.15) is 11.1 Å². The number of hydrogen-bond acceptors (Lipinski definition) is 4. The van der Waals surface area contributed by atoms with Crippen molar-refractivity contribution in [3.63, 3.8) is 0 Å². The molecule has 0 saturated carbocycles. The first-order chi connectivity index (χ1) is 13.1. The number of aliphatic imine (C=N–C) groups is 1. The van der Waals surface area contributed by atoms with E-state index in [-0.39, 0.29) is 12.5 Å². The molecule has 0 fully saturated rings. The molecular formula is C20H19N3O4. The van der Waals surface area contributed by atoms with Crippen LogP contribution in [-0.4, -0.2) is 53.6 Å². The summed E-state index contributed by atoms with van der Waals surface area (Å²) in [6.07, 6.45) is 7.52. The Hall–Kier alpha value is -3.22. The van der Waals surface area contributed by atoms with Crippen LogP contribution in [0.4, 0.5) is 4.79 Å². The van der Waals surface area contributed by atoms with E-state index < -0.39 is 17.9 Å². The molecule has 2 heterocycles. The maximum absolute atomic E-state index is 12.7. The summed E-state index contributed by atoms with van der Waals surface area (Å²) in [5.74, 6) is -0.454. The largest absolute Gasteiger partial charge is 0.497 e. The zero-order valence-corrected chi connectivity index (χ0v) is 14.9. The summed E-state index contributed by atoms with van der Waals surface area (Å²) < 4.78 is 5.24. The highest BCUT2D eigenvalue weighted by Crippen LogP contribution is 2.24. The van der Waals surface area contributed by atoms with Crippen molar-refractivity contribution < 1.29 is 19.1 Å². The molecule has 2 aliphatic heterocycles. The Morgan fingerprint density at radius 3 is 2.93 bits per heavy atom. The number of urea groups is 1. The van der Waals surface area contributed by atoms with Crippen molar-refractivity contribution in [3.8, 4) is 5.75 Å². The number of imide groups is 1. The van der Waals surface area contributed by atoms with Gasteiger partial charge in [0.25, 0.3) is 0 Å². The number of ether oxygens (including phenoxy) is 1. The van der Waals surface area contributed by atoms with Crippen molar-refractivity contribution in [2.45, 2.75) is 13.0 Å². The third-order valence-electron chi connectivity index (χ3n) is 5.06. The number of fused-ring (bicyclic) bond motifs is 2. The number of rotatable bonds is 3. The van der Waals surface area contributed by atoms with Crippen LogP contribution < -0.4 is 4.74 Å². The summed E-state index contributed by atoms with van der Waals surface area (Å²) in [7, 11) is 1.62. The predicted octanol–water partition coefficient (Wildman–Crippen LogP) is 1.73. The predicted molar refractivity (Wildman–Crippen MR) is 98.4 cm³/mol. The molecule has 0 saturated heterocycles. The number of allylic oxidation sites excluding steroid dienone is 3. The van der Waals surface area contributed by atoms with Crippen molar-refractivity contribution in [2.24, 2.45) is 10.9 Å². The highest BCUT2D eigenvalue weighted by Gasteiger charge is 2.37. The third kappa shape index (κ3) is 3.16. The fourth-order valence-corrected chi connectivity index (χ4v) is 3.53. The summed E-state index contributed by atoms with van der Waals surface area (Å²) in [4.78, 5) is 44.1. The molecule has 0 spiro atoms. The molecule has 0 bridgehead atoms. The first-order valence-electron chi connectivity index (χ1n) is 8.79. The molecule has 1 aromatic carbocycles. The van der Waals surface area contributed by atoms with E-state index >= 15 is 0 Å². The van der Waals surface area contributed by atoms with E-state index in [1.165, 1.54) is 0 Å². The van der Waals surface area contributed by atoms with Crippen LogP contribution in [0.2, 0.25) is 0 Å². The van der Waals surface area contributed by atoms with E-state index in [0.29, 0.717) is 25.2 Å². The van der Waals surface area contributed by atoms with E-state index in [1.807, 2.05) is 18.2 Å². The highest BCUT2D eigenvalue weighted by atomic mass is 16.5. The molecule has 1 aromatic rings. The molecule has 0 N–H and O–H groups in total. The number of carbonyl (C=O) groups is 3. The topological polar surface area (TPSA) is 79.3 Å². The first-order valence-corrected chi connectivity index (χ1v) is 8.79. The lowest BCUT2D eigenvalue weighted by atomic mass is 9.95. The maximum Gasteiger partial charge on any atom is 0.351 e. The van der Waals surface area contributed by atoms with E-state index in [4.69, 9.17) is 4.74 Å². The summed E-state index contributed by atoms with van der Waals surface area (Å²) in [5.41, 5.74) is 2.63. The molecule has 1 aliphatic carbocycles. The minimum atomic E-state index is -0.679. The molecule has 138 valence electrons. The van der Waals surface area contributed by atoms with Gasteiger partial charge in [-0.25, -0.2) is 4.79 Å². The van der Waals surface area contributed by atoms with Crippen LogP contribution in [0.25, 0.3) is 0 Å². The molecular weight excluding hydrogens is 346 g/mol. The van der Waals surface area contributed by atoms with E-state index in [9.17, 15) is 14.4 Å². The Bertz CT molecular complexity index is 916. The Labute approximate surface area is 156 Å². The summed E-state index contributed by atoms with van der Waals surface area (Å²) in [6, 6.07) is 5.11. The molecule has 27 heavy (non-hydrogen) atoms. The van der Waals surface area contributed by atoms with E-state index in [0.717, 1.165) is 21.8 Å². The molecule has 0 aromatic heterocycles. The SMILES string of the molecule is COc1ccc2c(c1)CCN(C(=O)CN1C(=O)N=C3C=CC=CC3C1=O)C2. The van der Waals surface area contributed by atoms with Crippen molar-refractivity contribution in [1.29, 1.82) is 0 Å². The Morgan fingerprint density at radius 2 is 2.11 bits per heavy atom. The van der Waals surface area contributed by atoms with Crippen molar-refractivity contribution >= 4 is 23.6 Å². The van der Waals surface area contributed by atoms with Gasteiger partial charge in [0.05, 0.1) is 18.7 Å². The van der Waals surface area contributed by atoms with Crippen LogP contribution in [0.3, 0.4) is 0 Å². The molecule has 0 radical (unpaired) electrons. The van der Waals surface area contributed by atoms with Gasteiger partial charge in [-0.15, -0.1) is 0 Å². The summed E-state index contributed by atoms with van der Waals surface area (Å²) in [6.45, 7) is 0.707. The lowest BCUT2D eigenvalue weighted by Gasteiger charge is -2.32. The first kappa shape index (κ1) is 17.2. The van der Waals surface area contributed by atoms with Crippen molar-refractivity contribution in [3.05, 3.63) is 53.6 Å². The van der Waals surface area contributed by atoms with Crippen LogP contribution in [-0.2, 0) is 22.6 Å². The van der Waals surface area contributed by atoms with Crippen molar-refractivity contribution in [1.82, 2.24) is 9.80 Å². The van der Waals surface area contributed by atoms with E-state index in [1.54, 1.807) is 36.3 Å². The standard InChI is InChI=1S/C20H19N3O4/c1-27-15-7-6-14-11-22(9-8-13(14)10-15)18(24)12-23-19(25)16-4-2-3-5-17(16)21-20(23)26/h2-7,10,16H,8-9,11-12H2,1H3. The molecule has 1 unspecified atom stereocenters. The molecule has 7 heteroatoms. The summed E-state index contributed by atoms with van der Waals surface area (Å²) in [5, 5.41) is 0. The number of amides is 4. The van der Waals surface area contributed by atoms with Gasteiger partial charge in [0.1, 0.15) is 12.3 Å². The fourth-order valence-electron chi connectivity index (χ4n) is 3.53. The number of carbonyl (C=O) groups excluding carboxylic acids is 3. The van der Waals surface area contributed by atoms with Gasteiger partial charge in [-0.1, -0.05) is 24.3 Å². The van der Waals surface area contributed by atoms with Crippen LogP contribution in [0.15, 0.2) is 47.5 Å².